The number of nitrogens with one attached hydrogen (secondary N) is 1. The standard InChI is InChI=1S/C28H23ClN2O4S/c1-2-21(27(33)31-28-20(15-30)18-7-4-6-10-23(18)36-28)34-26-24(32)19-8-3-5-9-22(19)35-25(26)16-11-13-17(29)14-12-16/h3,5,8-9,11-14,21H,2,4,6-7,10H2,1H3,(H,31,33). The number of para-hydroxylation sites is 1. The lowest BCUT2D eigenvalue weighted by atomic mass is 9.96. The van der Waals surface area contributed by atoms with Crippen LogP contribution in [0.1, 0.15) is 42.2 Å². The summed E-state index contributed by atoms with van der Waals surface area (Å²) in [6, 6.07) is 16.0. The van der Waals surface area contributed by atoms with Crippen LogP contribution in [0.3, 0.4) is 0 Å². The minimum Gasteiger partial charge on any atom is -0.473 e. The number of anilines is 1. The van der Waals surface area contributed by atoms with Crippen LogP contribution >= 0.6 is 22.9 Å². The Labute approximate surface area is 217 Å². The summed E-state index contributed by atoms with van der Waals surface area (Å²) in [5.74, 6) is -0.225. The van der Waals surface area contributed by atoms with Crippen LogP contribution in [0, 0.1) is 11.3 Å². The van der Waals surface area contributed by atoms with Gasteiger partial charge < -0.3 is 14.5 Å². The molecule has 1 aliphatic carbocycles. The van der Waals surface area contributed by atoms with Gasteiger partial charge >= 0.3 is 0 Å². The molecule has 1 atom stereocenters. The van der Waals surface area contributed by atoms with Crippen molar-refractivity contribution >= 4 is 44.8 Å². The smallest absolute Gasteiger partial charge is 0.266 e. The highest BCUT2D eigenvalue weighted by atomic mass is 35.5. The van der Waals surface area contributed by atoms with Crippen LogP contribution < -0.4 is 15.5 Å². The Morgan fingerprint density at radius 3 is 2.69 bits per heavy atom. The predicted molar refractivity (Wildman–Crippen MR) is 142 cm³/mol. The van der Waals surface area contributed by atoms with Gasteiger partial charge in [-0.1, -0.05) is 30.7 Å². The van der Waals surface area contributed by atoms with Gasteiger partial charge in [0.2, 0.25) is 11.2 Å². The fourth-order valence-corrected chi connectivity index (χ4v) is 5.82. The molecule has 1 amide bonds. The van der Waals surface area contributed by atoms with E-state index in [0.717, 1.165) is 36.1 Å². The highest BCUT2D eigenvalue weighted by Crippen LogP contribution is 2.38. The van der Waals surface area contributed by atoms with Crippen molar-refractivity contribution in [3.05, 3.63) is 79.8 Å². The number of carbonyl (C=O) groups excluding carboxylic acids is 1. The number of hydrogen-bond acceptors (Lipinski definition) is 6. The van der Waals surface area contributed by atoms with Gasteiger partial charge in [0.1, 0.15) is 16.7 Å². The van der Waals surface area contributed by atoms with Crippen LogP contribution in [-0.2, 0) is 17.6 Å². The Bertz CT molecular complexity index is 1550. The van der Waals surface area contributed by atoms with Crippen LogP contribution in [0.5, 0.6) is 5.75 Å². The molecule has 8 heteroatoms. The summed E-state index contributed by atoms with van der Waals surface area (Å²) in [6.07, 6.45) is 3.23. The lowest BCUT2D eigenvalue weighted by Gasteiger charge is -2.18. The van der Waals surface area contributed by atoms with Crippen molar-refractivity contribution in [3.63, 3.8) is 0 Å². The summed E-state index contributed by atoms with van der Waals surface area (Å²) in [6.45, 7) is 1.81. The molecule has 2 heterocycles. The zero-order chi connectivity index (χ0) is 25.2. The summed E-state index contributed by atoms with van der Waals surface area (Å²) >= 11 is 7.51. The van der Waals surface area contributed by atoms with Crippen LogP contribution in [0.4, 0.5) is 5.00 Å². The molecule has 6 nitrogen and oxygen atoms in total. The molecule has 1 N–H and O–H groups in total. The van der Waals surface area contributed by atoms with Gasteiger partial charge in [-0.3, -0.25) is 9.59 Å². The number of halogens is 1. The molecule has 182 valence electrons. The second-order valence-corrected chi connectivity index (χ2v) is 10.2. The van der Waals surface area contributed by atoms with Crippen molar-refractivity contribution in [2.24, 2.45) is 0 Å². The summed E-state index contributed by atoms with van der Waals surface area (Å²) in [4.78, 5) is 27.9. The van der Waals surface area contributed by atoms with Crippen molar-refractivity contribution in [1.29, 1.82) is 5.26 Å². The van der Waals surface area contributed by atoms with Gasteiger partial charge in [0.15, 0.2) is 11.9 Å². The van der Waals surface area contributed by atoms with Gasteiger partial charge in [-0.2, -0.15) is 5.26 Å². The zero-order valence-electron chi connectivity index (χ0n) is 19.6. The summed E-state index contributed by atoms with van der Waals surface area (Å²) < 4.78 is 12.2. The topological polar surface area (TPSA) is 92.3 Å². The van der Waals surface area contributed by atoms with E-state index in [-0.39, 0.29) is 16.9 Å². The number of fused-ring (bicyclic) bond motifs is 2. The molecular formula is C28H23ClN2O4S. The number of nitrogens with zero attached hydrogens (tertiary/aromatic N) is 1. The van der Waals surface area contributed by atoms with Gasteiger partial charge in [0.05, 0.1) is 10.9 Å². The number of aryl methyl sites for hydroxylation is 1. The molecule has 1 aliphatic rings. The summed E-state index contributed by atoms with van der Waals surface area (Å²) in [5, 5.41) is 14.1. The molecule has 2 aromatic carbocycles. The molecule has 1 unspecified atom stereocenters. The van der Waals surface area contributed by atoms with Gasteiger partial charge in [-0.25, -0.2) is 0 Å². The van der Waals surface area contributed by atoms with Crippen LogP contribution in [0.15, 0.2) is 57.7 Å². The average Bonchev–Trinajstić information content (AvgIpc) is 3.25. The molecule has 4 aromatic rings. The average molecular weight is 519 g/mol. The Hall–Kier alpha value is -3.60. The quantitative estimate of drug-likeness (QED) is 0.306. The number of carbonyl (C=O) groups is 1. The first-order valence-electron chi connectivity index (χ1n) is 11.8. The molecule has 5 rings (SSSR count). The minimum atomic E-state index is -0.967. The van der Waals surface area contributed by atoms with Crippen LogP contribution in [0.25, 0.3) is 22.3 Å². The van der Waals surface area contributed by atoms with E-state index in [2.05, 4.69) is 11.4 Å². The molecule has 0 saturated heterocycles. The number of thiophene rings is 1. The third-order valence-electron chi connectivity index (χ3n) is 6.31. The molecule has 0 fully saturated rings. The molecule has 0 saturated carbocycles. The fraction of sp³-hybridized carbons (Fsp3) is 0.250. The van der Waals surface area contributed by atoms with Crippen molar-refractivity contribution < 1.29 is 13.9 Å². The largest absolute Gasteiger partial charge is 0.473 e. The van der Waals surface area contributed by atoms with E-state index in [1.54, 1.807) is 55.5 Å². The maximum Gasteiger partial charge on any atom is 0.266 e. The number of benzene rings is 2. The Balaban J connectivity index is 1.51. The highest BCUT2D eigenvalue weighted by Gasteiger charge is 2.28. The van der Waals surface area contributed by atoms with E-state index in [9.17, 15) is 14.9 Å². The Morgan fingerprint density at radius 2 is 1.94 bits per heavy atom. The predicted octanol–water partition coefficient (Wildman–Crippen LogP) is 6.72. The van der Waals surface area contributed by atoms with Crippen molar-refractivity contribution in [2.45, 2.75) is 45.1 Å². The van der Waals surface area contributed by atoms with E-state index in [1.165, 1.54) is 11.3 Å². The van der Waals surface area contributed by atoms with Crippen molar-refractivity contribution in [2.75, 3.05) is 5.32 Å². The second kappa shape index (κ2) is 10.2. The molecule has 0 spiro atoms. The Morgan fingerprint density at radius 1 is 1.19 bits per heavy atom. The number of rotatable bonds is 6. The number of nitriles is 1. The maximum absolute atomic E-state index is 13.5. The monoisotopic (exact) mass is 518 g/mol. The third kappa shape index (κ3) is 4.50. The van der Waals surface area contributed by atoms with Crippen molar-refractivity contribution in [1.82, 2.24) is 0 Å². The lowest BCUT2D eigenvalue weighted by Crippen LogP contribution is -2.34. The van der Waals surface area contributed by atoms with E-state index < -0.39 is 12.0 Å². The van der Waals surface area contributed by atoms with E-state index in [0.29, 0.717) is 38.5 Å². The lowest BCUT2D eigenvalue weighted by molar-refractivity contribution is -0.122. The molecule has 0 radical (unpaired) electrons. The van der Waals surface area contributed by atoms with Crippen molar-refractivity contribution in [3.8, 4) is 23.1 Å². The molecule has 0 bridgehead atoms. The maximum atomic E-state index is 13.5. The fourth-order valence-electron chi connectivity index (χ4n) is 4.45. The third-order valence-corrected chi connectivity index (χ3v) is 7.76. The van der Waals surface area contributed by atoms with Crippen LogP contribution in [-0.4, -0.2) is 12.0 Å². The van der Waals surface area contributed by atoms with E-state index in [4.69, 9.17) is 20.8 Å². The first-order valence-corrected chi connectivity index (χ1v) is 13.0. The SMILES string of the molecule is CCC(Oc1c(-c2ccc(Cl)cc2)oc2ccccc2c1=O)C(=O)Nc1sc2c(c1C#N)CCCC2. The summed E-state index contributed by atoms with van der Waals surface area (Å²) in [5.41, 5.74) is 2.23. The van der Waals surface area contributed by atoms with Crippen LogP contribution in [0.2, 0.25) is 5.02 Å². The first kappa shape index (κ1) is 24.1. The van der Waals surface area contributed by atoms with Gasteiger partial charge in [-0.05, 0) is 74.1 Å². The zero-order valence-corrected chi connectivity index (χ0v) is 21.2. The Kier molecular flexibility index (Phi) is 6.82. The van der Waals surface area contributed by atoms with E-state index >= 15 is 0 Å². The van der Waals surface area contributed by atoms with E-state index in [1.807, 2.05) is 0 Å². The molecule has 36 heavy (non-hydrogen) atoms. The van der Waals surface area contributed by atoms with Gasteiger partial charge in [0.25, 0.3) is 5.91 Å². The highest BCUT2D eigenvalue weighted by molar-refractivity contribution is 7.16. The molecule has 2 aromatic heterocycles. The first-order chi connectivity index (χ1) is 17.5. The molecular weight excluding hydrogens is 496 g/mol. The number of hydrogen-bond donors (Lipinski definition) is 1. The normalized spacial score (nSPS) is 13.6. The van der Waals surface area contributed by atoms with Gasteiger partial charge in [-0.15, -0.1) is 11.3 Å². The summed E-state index contributed by atoms with van der Waals surface area (Å²) in [7, 11) is 0. The minimum absolute atomic E-state index is 0.0380. The molecule has 0 aliphatic heterocycles. The number of ether oxygens (including phenoxy) is 1. The number of amides is 1. The van der Waals surface area contributed by atoms with Gasteiger partial charge in [0, 0.05) is 15.5 Å². The second-order valence-electron chi connectivity index (χ2n) is 8.62.